The van der Waals surface area contributed by atoms with Crippen LogP contribution in [0.5, 0.6) is 5.75 Å². The predicted molar refractivity (Wildman–Crippen MR) is 155 cm³/mol. The second kappa shape index (κ2) is 11.9. The van der Waals surface area contributed by atoms with E-state index in [1.165, 1.54) is 4.57 Å². The van der Waals surface area contributed by atoms with E-state index in [4.69, 9.17) is 4.74 Å². The molecule has 0 spiro atoms. The number of hydrogen-bond donors (Lipinski definition) is 1. The number of ether oxygens (including phenoxy) is 1. The van der Waals surface area contributed by atoms with Crippen LogP contribution in [-0.4, -0.2) is 55.6 Å². The Kier molecular flexibility index (Phi) is 7.94. The van der Waals surface area contributed by atoms with Crippen molar-refractivity contribution < 1.29 is 9.84 Å². The van der Waals surface area contributed by atoms with Gasteiger partial charge < -0.3 is 19.3 Å². The molecule has 41 heavy (non-hydrogen) atoms. The van der Waals surface area contributed by atoms with E-state index in [0.717, 1.165) is 10.4 Å². The smallest absolute Gasteiger partial charge is 0.332 e. The minimum absolute atomic E-state index is 0.0631. The second-order valence-electron chi connectivity index (χ2n) is 9.47. The van der Waals surface area contributed by atoms with Crippen LogP contribution in [0.4, 0.5) is 5.82 Å². The number of aryl methyl sites for hydroxylation is 1. The van der Waals surface area contributed by atoms with Gasteiger partial charge in [-0.25, -0.2) is 14.8 Å². The Morgan fingerprint density at radius 1 is 1.02 bits per heavy atom. The molecular weight excluding hydrogens is 522 g/mol. The molecule has 0 radical (unpaired) electrons. The predicted octanol–water partition coefficient (Wildman–Crippen LogP) is 2.39. The quantitative estimate of drug-likeness (QED) is 0.280. The molecule has 0 aliphatic carbocycles. The summed E-state index contributed by atoms with van der Waals surface area (Å²) in [5, 5.41) is 19.3. The fourth-order valence-corrected chi connectivity index (χ4v) is 4.68. The zero-order chi connectivity index (χ0) is 28.9. The number of nitriles is 1. The Morgan fingerprint density at radius 3 is 2.49 bits per heavy atom. The van der Waals surface area contributed by atoms with Crippen molar-refractivity contribution in [1.82, 2.24) is 23.7 Å². The minimum Gasteiger partial charge on any atom is -0.492 e. The number of rotatable bonds is 10. The number of pyridine rings is 1. The number of aromatic nitrogens is 5. The topological polar surface area (TPSA) is 131 Å². The lowest BCUT2D eigenvalue weighted by Gasteiger charge is -2.18. The highest BCUT2D eigenvalue weighted by atomic mass is 16.5. The SMILES string of the molecule is CN(CCOc1ccc(-c2nc3c(c(=O)n(Cc4ccccc4C#N)c(=O)n3C)n2CCO)cc1)c1ccccn1. The number of benzene rings is 2. The molecule has 3 aromatic heterocycles. The molecule has 2 aromatic carbocycles. The number of anilines is 1. The van der Waals surface area contributed by atoms with Gasteiger partial charge in [0.15, 0.2) is 11.2 Å². The molecule has 208 valence electrons. The number of aliphatic hydroxyl groups is 1. The molecule has 11 heteroatoms. The third kappa shape index (κ3) is 5.46. The molecule has 5 aromatic rings. The van der Waals surface area contributed by atoms with Gasteiger partial charge in [0.05, 0.1) is 31.3 Å². The summed E-state index contributed by atoms with van der Waals surface area (Å²) in [7, 11) is 3.50. The van der Waals surface area contributed by atoms with Crippen molar-refractivity contribution in [3.05, 3.63) is 105 Å². The van der Waals surface area contributed by atoms with Gasteiger partial charge in [-0.2, -0.15) is 5.26 Å². The van der Waals surface area contributed by atoms with Crippen LogP contribution < -0.4 is 20.9 Å². The van der Waals surface area contributed by atoms with Crippen molar-refractivity contribution in [3.63, 3.8) is 0 Å². The first-order valence-corrected chi connectivity index (χ1v) is 13.1. The van der Waals surface area contributed by atoms with Crippen molar-refractivity contribution >= 4 is 17.0 Å². The summed E-state index contributed by atoms with van der Waals surface area (Å²) in [5.74, 6) is 1.97. The molecule has 3 heterocycles. The molecule has 1 N–H and O–H groups in total. The summed E-state index contributed by atoms with van der Waals surface area (Å²) in [6, 6.07) is 22.0. The fourth-order valence-electron chi connectivity index (χ4n) is 4.68. The average molecular weight is 552 g/mol. The Hall–Kier alpha value is -5.21. The van der Waals surface area contributed by atoms with E-state index in [1.54, 1.807) is 42.1 Å². The van der Waals surface area contributed by atoms with E-state index in [9.17, 15) is 20.0 Å². The van der Waals surface area contributed by atoms with Crippen LogP contribution in [0.1, 0.15) is 11.1 Å². The van der Waals surface area contributed by atoms with Gasteiger partial charge in [0, 0.05) is 32.4 Å². The summed E-state index contributed by atoms with van der Waals surface area (Å²) in [6.45, 7) is 0.901. The number of hydrogen-bond acceptors (Lipinski definition) is 8. The Labute approximate surface area is 235 Å². The van der Waals surface area contributed by atoms with Crippen LogP contribution in [0, 0.1) is 11.3 Å². The van der Waals surface area contributed by atoms with Gasteiger partial charge >= 0.3 is 5.69 Å². The van der Waals surface area contributed by atoms with Crippen LogP contribution in [0.2, 0.25) is 0 Å². The fraction of sp³-hybridized carbons (Fsp3) is 0.233. The molecule has 11 nitrogen and oxygen atoms in total. The van der Waals surface area contributed by atoms with Crippen LogP contribution >= 0.6 is 0 Å². The number of imidazole rings is 1. The molecule has 0 saturated carbocycles. The van der Waals surface area contributed by atoms with Crippen molar-refractivity contribution in [2.75, 3.05) is 31.7 Å². The lowest BCUT2D eigenvalue weighted by atomic mass is 10.1. The first-order chi connectivity index (χ1) is 19.9. The highest BCUT2D eigenvalue weighted by Gasteiger charge is 2.21. The van der Waals surface area contributed by atoms with E-state index >= 15 is 0 Å². The molecule has 0 atom stereocenters. The van der Waals surface area contributed by atoms with Crippen LogP contribution in [0.15, 0.2) is 82.5 Å². The summed E-state index contributed by atoms with van der Waals surface area (Å²) in [4.78, 5) is 37.9. The van der Waals surface area contributed by atoms with Crippen molar-refractivity contribution in [2.45, 2.75) is 13.1 Å². The third-order valence-electron chi connectivity index (χ3n) is 6.87. The molecule has 0 bridgehead atoms. The molecule has 0 unspecified atom stereocenters. The normalized spacial score (nSPS) is 11.0. The van der Waals surface area contributed by atoms with Gasteiger partial charge in [-0.3, -0.25) is 13.9 Å². The lowest BCUT2D eigenvalue weighted by Crippen LogP contribution is -2.40. The zero-order valence-corrected chi connectivity index (χ0v) is 22.8. The van der Waals surface area contributed by atoms with Crippen molar-refractivity contribution in [2.24, 2.45) is 7.05 Å². The standard InChI is InChI=1S/C30H29N7O4/c1-34(25-9-5-6-14-32-25)16-18-41-24-12-10-21(11-13-24)27-33-28-26(36(27)15-17-38)29(39)37(30(40)35(28)2)20-23-8-4-3-7-22(23)19-31/h3-14,38H,15-18,20H2,1-2H3. The molecule has 0 fully saturated rings. The molecule has 0 aliphatic heterocycles. The molecule has 0 amide bonds. The summed E-state index contributed by atoms with van der Waals surface area (Å²) < 4.78 is 9.95. The number of nitrogens with zero attached hydrogens (tertiary/aromatic N) is 7. The Morgan fingerprint density at radius 2 is 1.78 bits per heavy atom. The second-order valence-corrected chi connectivity index (χ2v) is 9.47. The third-order valence-corrected chi connectivity index (χ3v) is 6.87. The summed E-state index contributed by atoms with van der Waals surface area (Å²) in [6.07, 6.45) is 1.75. The molecular formula is C30H29N7O4. The first-order valence-electron chi connectivity index (χ1n) is 13.1. The van der Waals surface area contributed by atoms with Gasteiger partial charge in [-0.05, 0) is 48.0 Å². The first kappa shape index (κ1) is 27.4. The van der Waals surface area contributed by atoms with Gasteiger partial charge in [0.2, 0.25) is 0 Å². The van der Waals surface area contributed by atoms with Crippen molar-refractivity contribution in [3.8, 4) is 23.2 Å². The van der Waals surface area contributed by atoms with Crippen LogP contribution in [0.25, 0.3) is 22.6 Å². The largest absolute Gasteiger partial charge is 0.492 e. The van der Waals surface area contributed by atoms with Crippen molar-refractivity contribution in [1.29, 1.82) is 5.26 Å². The van der Waals surface area contributed by atoms with E-state index in [-0.39, 0.29) is 30.9 Å². The molecule has 0 saturated heterocycles. The maximum Gasteiger partial charge on any atom is 0.332 e. The minimum atomic E-state index is -0.546. The highest BCUT2D eigenvalue weighted by molar-refractivity contribution is 5.77. The maximum atomic E-state index is 13.7. The van der Waals surface area contributed by atoms with E-state index in [0.29, 0.717) is 41.4 Å². The van der Waals surface area contributed by atoms with E-state index in [2.05, 4.69) is 16.0 Å². The van der Waals surface area contributed by atoms with Gasteiger partial charge in [-0.15, -0.1) is 0 Å². The maximum absolute atomic E-state index is 13.7. The Bertz CT molecular complexity index is 1830. The monoisotopic (exact) mass is 551 g/mol. The highest BCUT2D eigenvalue weighted by Crippen LogP contribution is 2.25. The number of aliphatic hydroxyl groups excluding tert-OH is 1. The number of likely N-dealkylation sites (N-methyl/N-ethyl adjacent to an activating group) is 1. The summed E-state index contributed by atoms with van der Waals surface area (Å²) in [5.41, 5.74) is 0.964. The summed E-state index contributed by atoms with van der Waals surface area (Å²) >= 11 is 0. The van der Waals surface area contributed by atoms with Gasteiger partial charge in [0.1, 0.15) is 24.0 Å². The average Bonchev–Trinajstić information content (AvgIpc) is 3.39. The lowest BCUT2D eigenvalue weighted by molar-refractivity contribution is 0.278. The molecule has 5 rings (SSSR count). The van der Waals surface area contributed by atoms with Gasteiger partial charge in [0.25, 0.3) is 5.56 Å². The van der Waals surface area contributed by atoms with Crippen LogP contribution in [0.3, 0.4) is 0 Å². The Balaban J connectivity index is 1.45. The van der Waals surface area contributed by atoms with E-state index < -0.39 is 11.2 Å². The zero-order valence-electron chi connectivity index (χ0n) is 22.8. The number of fused-ring (bicyclic) bond motifs is 1. The van der Waals surface area contributed by atoms with Gasteiger partial charge in [-0.1, -0.05) is 24.3 Å². The van der Waals surface area contributed by atoms with E-state index in [1.807, 2.05) is 54.4 Å². The van der Waals surface area contributed by atoms with Crippen LogP contribution in [-0.2, 0) is 20.1 Å². The molecule has 0 aliphatic rings.